The lowest BCUT2D eigenvalue weighted by Crippen LogP contribution is -2.44. The van der Waals surface area contributed by atoms with Gasteiger partial charge >= 0.3 is 6.18 Å². The number of piperazine rings is 1. The third-order valence-corrected chi connectivity index (χ3v) is 3.56. The number of nitrogens with zero attached hydrogens (tertiary/aromatic N) is 2. The number of hydrogen-bond acceptors (Lipinski definition) is 4. The molecule has 1 unspecified atom stereocenters. The van der Waals surface area contributed by atoms with Gasteiger partial charge in [-0.25, -0.2) is 4.98 Å². The van der Waals surface area contributed by atoms with Gasteiger partial charge in [0.1, 0.15) is 5.82 Å². The molecular formula is C11H12F3N3O. The van der Waals surface area contributed by atoms with Crippen LogP contribution < -0.4 is 10.2 Å². The zero-order valence-corrected chi connectivity index (χ0v) is 9.35. The number of nitrogens with one attached hydrogen (secondary N) is 1. The largest absolute Gasteiger partial charge is 0.416 e. The first-order chi connectivity index (χ1) is 8.47. The Kier molecular flexibility index (Phi) is 2.49. The Labute approximate surface area is 101 Å². The quantitative estimate of drug-likeness (QED) is 0.776. The van der Waals surface area contributed by atoms with Crippen molar-refractivity contribution < 1.29 is 18.3 Å². The molecule has 0 aromatic carbocycles. The second kappa shape index (κ2) is 3.83. The normalized spacial score (nSPS) is 31.1. The molecule has 1 aromatic heterocycles. The van der Waals surface area contributed by atoms with Crippen molar-refractivity contribution in [2.75, 3.05) is 18.0 Å². The number of aliphatic hydroxyl groups is 1. The molecule has 0 amide bonds. The molecule has 0 saturated carbocycles. The van der Waals surface area contributed by atoms with Crippen molar-refractivity contribution in [3.63, 3.8) is 0 Å². The minimum absolute atomic E-state index is 0.0775. The van der Waals surface area contributed by atoms with Gasteiger partial charge in [-0.15, -0.1) is 0 Å². The highest BCUT2D eigenvalue weighted by atomic mass is 19.4. The molecule has 7 heteroatoms. The number of anilines is 1. The van der Waals surface area contributed by atoms with E-state index in [-0.39, 0.29) is 17.9 Å². The Morgan fingerprint density at radius 3 is 2.78 bits per heavy atom. The SMILES string of the molecule is OC1[C@H]2CN(c3cc(C(F)(F)F)ccn3)[C@H]1CN2. The van der Waals surface area contributed by atoms with E-state index in [4.69, 9.17) is 0 Å². The molecule has 4 nitrogen and oxygen atoms in total. The predicted octanol–water partition coefficient (Wildman–Crippen LogP) is 0.622. The summed E-state index contributed by atoms with van der Waals surface area (Å²) in [4.78, 5) is 5.71. The van der Waals surface area contributed by atoms with Crippen molar-refractivity contribution in [3.05, 3.63) is 23.9 Å². The molecule has 3 rings (SSSR count). The van der Waals surface area contributed by atoms with Crippen molar-refractivity contribution in [1.82, 2.24) is 10.3 Å². The summed E-state index contributed by atoms with van der Waals surface area (Å²) in [6, 6.07) is 1.72. The van der Waals surface area contributed by atoms with Crippen LogP contribution in [0.3, 0.4) is 0 Å². The number of rotatable bonds is 1. The molecule has 0 radical (unpaired) electrons. The third-order valence-electron chi connectivity index (χ3n) is 3.56. The Morgan fingerprint density at radius 2 is 2.22 bits per heavy atom. The van der Waals surface area contributed by atoms with Gasteiger partial charge in [0.15, 0.2) is 0 Å². The molecule has 2 saturated heterocycles. The fourth-order valence-electron chi connectivity index (χ4n) is 2.61. The van der Waals surface area contributed by atoms with E-state index in [1.807, 2.05) is 0 Å². The molecule has 2 N–H and O–H groups in total. The van der Waals surface area contributed by atoms with Gasteiger partial charge in [-0.1, -0.05) is 0 Å². The van der Waals surface area contributed by atoms with Gasteiger partial charge < -0.3 is 15.3 Å². The van der Waals surface area contributed by atoms with Gasteiger partial charge in [-0.05, 0) is 12.1 Å². The maximum absolute atomic E-state index is 12.6. The Hall–Kier alpha value is -1.34. The number of hydrogen-bond donors (Lipinski definition) is 2. The minimum Gasteiger partial charge on any atom is -0.389 e. The second-order valence-electron chi connectivity index (χ2n) is 4.63. The van der Waals surface area contributed by atoms with Crippen LogP contribution in [-0.4, -0.2) is 41.4 Å². The zero-order chi connectivity index (χ0) is 12.9. The molecule has 1 aromatic rings. The van der Waals surface area contributed by atoms with E-state index in [0.717, 1.165) is 18.3 Å². The van der Waals surface area contributed by atoms with Gasteiger partial charge in [0.2, 0.25) is 0 Å². The number of alkyl halides is 3. The molecule has 98 valence electrons. The summed E-state index contributed by atoms with van der Waals surface area (Å²) in [7, 11) is 0. The van der Waals surface area contributed by atoms with Gasteiger partial charge in [0, 0.05) is 19.3 Å². The summed E-state index contributed by atoms with van der Waals surface area (Å²) in [6.07, 6.45) is -3.75. The molecule has 18 heavy (non-hydrogen) atoms. The highest BCUT2D eigenvalue weighted by Crippen LogP contribution is 2.33. The molecule has 0 spiro atoms. The predicted molar refractivity (Wildman–Crippen MR) is 58.2 cm³/mol. The highest BCUT2D eigenvalue weighted by Gasteiger charge is 2.46. The van der Waals surface area contributed by atoms with E-state index in [2.05, 4.69) is 10.3 Å². The van der Waals surface area contributed by atoms with E-state index in [0.29, 0.717) is 13.1 Å². The Morgan fingerprint density at radius 1 is 1.44 bits per heavy atom. The summed E-state index contributed by atoms with van der Waals surface area (Å²) in [5, 5.41) is 12.9. The first kappa shape index (κ1) is 11.7. The number of aromatic nitrogens is 1. The summed E-state index contributed by atoms with van der Waals surface area (Å²) >= 11 is 0. The molecule has 2 aliphatic rings. The van der Waals surface area contributed by atoms with Gasteiger partial charge in [-0.2, -0.15) is 13.2 Å². The van der Waals surface area contributed by atoms with Crippen LogP contribution in [0.15, 0.2) is 18.3 Å². The van der Waals surface area contributed by atoms with Crippen molar-refractivity contribution in [2.24, 2.45) is 0 Å². The van der Waals surface area contributed by atoms with Crippen LogP contribution >= 0.6 is 0 Å². The topological polar surface area (TPSA) is 48.4 Å². The van der Waals surface area contributed by atoms with Crippen LogP contribution in [-0.2, 0) is 6.18 Å². The maximum atomic E-state index is 12.6. The minimum atomic E-state index is -4.37. The number of halogens is 3. The monoisotopic (exact) mass is 259 g/mol. The lowest BCUT2D eigenvalue weighted by molar-refractivity contribution is -0.137. The molecule has 2 aliphatic heterocycles. The highest BCUT2D eigenvalue weighted by molar-refractivity contribution is 5.47. The van der Waals surface area contributed by atoms with Crippen molar-refractivity contribution in [2.45, 2.75) is 24.4 Å². The fraction of sp³-hybridized carbons (Fsp3) is 0.545. The average Bonchev–Trinajstić information content (AvgIpc) is 2.84. The van der Waals surface area contributed by atoms with E-state index in [1.165, 1.54) is 0 Å². The molecule has 2 bridgehead atoms. The first-order valence-electron chi connectivity index (χ1n) is 5.68. The molecule has 3 atom stereocenters. The standard InChI is InChI=1S/C11H12F3N3O/c12-11(13,14)6-1-2-15-9(3-6)17-5-7-10(18)8(17)4-16-7/h1-3,7-8,10,16,18H,4-5H2/t7-,8+,10?/m1/s1. The lowest BCUT2D eigenvalue weighted by atomic mass is 10.2. The van der Waals surface area contributed by atoms with E-state index >= 15 is 0 Å². The van der Waals surface area contributed by atoms with E-state index in [9.17, 15) is 18.3 Å². The average molecular weight is 259 g/mol. The van der Waals surface area contributed by atoms with E-state index < -0.39 is 17.8 Å². The van der Waals surface area contributed by atoms with Gasteiger partial charge in [0.25, 0.3) is 0 Å². The maximum Gasteiger partial charge on any atom is 0.416 e. The number of fused-ring (bicyclic) bond motifs is 2. The number of pyridine rings is 1. The van der Waals surface area contributed by atoms with Crippen LogP contribution in [0.5, 0.6) is 0 Å². The summed E-state index contributed by atoms with van der Waals surface area (Å²) in [5.74, 6) is 0.276. The Bertz CT molecular complexity index is 465. The Balaban J connectivity index is 1.90. The third kappa shape index (κ3) is 1.74. The second-order valence-corrected chi connectivity index (χ2v) is 4.63. The van der Waals surface area contributed by atoms with Gasteiger partial charge in [0.05, 0.1) is 23.8 Å². The van der Waals surface area contributed by atoms with Crippen molar-refractivity contribution >= 4 is 5.82 Å². The van der Waals surface area contributed by atoms with E-state index in [1.54, 1.807) is 4.90 Å². The molecule has 3 heterocycles. The summed E-state index contributed by atoms with van der Waals surface area (Å²) in [5.41, 5.74) is -0.710. The summed E-state index contributed by atoms with van der Waals surface area (Å²) < 4.78 is 37.8. The molecule has 2 fully saturated rings. The van der Waals surface area contributed by atoms with Crippen LogP contribution in [0.2, 0.25) is 0 Å². The fourth-order valence-corrected chi connectivity index (χ4v) is 2.61. The van der Waals surface area contributed by atoms with Crippen LogP contribution in [0.4, 0.5) is 19.0 Å². The van der Waals surface area contributed by atoms with Crippen molar-refractivity contribution in [3.8, 4) is 0 Å². The van der Waals surface area contributed by atoms with Crippen LogP contribution in [0, 0.1) is 0 Å². The zero-order valence-electron chi connectivity index (χ0n) is 9.35. The number of aliphatic hydroxyl groups excluding tert-OH is 1. The molecular weight excluding hydrogens is 247 g/mol. The van der Waals surface area contributed by atoms with Gasteiger partial charge in [-0.3, -0.25) is 0 Å². The smallest absolute Gasteiger partial charge is 0.389 e. The first-order valence-corrected chi connectivity index (χ1v) is 5.68. The summed E-state index contributed by atoms with van der Waals surface area (Å²) in [6.45, 7) is 1.06. The van der Waals surface area contributed by atoms with Crippen LogP contribution in [0.25, 0.3) is 0 Å². The van der Waals surface area contributed by atoms with Crippen molar-refractivity contribution in [1.29, 1.82) is 0 Å². The lowest BCUT2D eigenvalue weighted by Gasteiger charge is -2.28. The van der Waals surface area contributed by atoms with Crippen LogP contribution in [0.1, 0.15) is 5.56 Å². The molecule has 0 aliphatic carbocycles.